The van der Waals surface area contributed by atoms with Crippen molar-refractivity contribution in [1.29, 1.82) is 0 Å². The second-order valence-electron chi connectivity index (χ2n) is 6.60. The Bertz CT molecular complexity index is 1300. The summed E-state index contributed by atoms with van der Waals surface area (Å²) in [6.45, 7) is 0. The van der Waals surface area contributed by atoms with E-state index in [-0.39, 0.29) is 10.8 Å². The minimum Gasteiger partial charge on any atom is -0.497 e. The third kappa shape index (κ3) is 3.92. The van der Waals surface area contributed by atoms with E-state index in [0.29, 0.717) is 22.1 Å². The second-order valence-corrected chi connectivity index (χ2v) is 9.63. The Hall–Kier alpha value is -3.23. The predicted molar refractivity (Wildman–Crippen MR) is 119 cm³/mol. The molecule has 3 aromatic carbocycles. The molecule has 152 valence electrons. The molecule has 0 spiro atoms. The number of carbonyl (C=O) groups is 1. The molecule has 4 rings (SSSR count). The molecule has 8 heteroatoms. The molecule has 0 atom stereocenters. The van der Waals surface area contributed by atoms with Crippen LogP contribution in [0.3, 0.4) is 0 Å². The Morgan fingerprint density at radius 1 is 1.00 bits per heavy atom. The van der Waals surface area contributed by atoms with Gasteiger partial charge in [0, 0.05) is 17.9 Å². The molecule has 1 aromatic heterocycles. The van der Waals surface area contributed by atoms with Crippen molar-refractivity contribution in [3.8, 4) is 5.75 Å². The van der Waals surface area contributed by atoms with Gasteiger partial charge in [0.2, 0.25) is 0 Å². The van der Waals surface area contributed by atoms with E-state index in [1.807, 2.05) is 24.3 Å². The van der Waals surface area contributed by atoms with Crippen molar-refractivity contribution in [2.75, 3.05) is 18.3 Å². The van der Waals surface area contributed by atoms with E-state index in [4.69, 9.17) is 4.74 Å². The molecular weight excluding hydrogens is 420 g/mol. The zero-order chi connectivity index (χ0) is 21.3. The molecule has 0 unspecified atom stereocenters. The number of para-hydroxylation sites is 1. The standard InChI is InChI=1S/C22H18N2O4S2/c1-28-17-7-5-6-16(14-17)24(22-23-19-8-3-4-9-20(19)29-22)21(25)15-10-12-18(13-11-15)30(2,26)27/h3-14H,1-2H3. The number of ether oxygens (including phenoxy) is 1. The molecule has 0 radical (unpaired) electrons. The zero-order valence-corrected chi connectivity index (χ0v) is 17.9. The van der Waals surface area contributed by atoms with Gasteiger partial charge in [-0.3, -0.25) is 9.69 Å². The van der Waals surface area contributed by atoms with Crippen molar-refractivity contribution < 1.29 is 17.9 Å². The number of carbonyl (C=O) groups excluding carboxylic acids is 1. The van der Waals surface area contributed by atoms with Gasteiger partial charge < -0.3 is 4.74 Å². The minimum absolute atomic E-state index is 0.159. The van der Waals surface area contributed by atoms with Gasteiger partial charge in [-0.05, 0) is 48.5 Å². The van der Waals surface area contributed by atoms with Gasteiger partial charge >= 0.3 is 0 Å². The average molecular weight is 439 g/mol. The van der Waals surface area contributed by atoms with E-state index >= 15 is 0 Å². The molecule has 0 fully saturated rings. The average Bonchev–Trinajstić information content (AvgIpc) is 3.17. The van der Waals surface area contributed by atoms with Crippen LogP contribution >= 0.6 is 11.3 Å². The molecule has 6 nitrogen and oxygen atoms in total. The first-order chi connectivity index (χ1) is 14.4. The Morgan fingerprint density at radius 2 is 1.73 bits per heavy atom. The molecule has 0 bridgehead atoms. The highest BCUT2D eigenvalue weighted by Gasteiger charge is 2.24. The predicted octanol–water partition coefficient (Wildman–Crippen LogP) is 4.69. The van der Waals surface area contributed by atoms with Gasteiger partial charge in [0.25, 0.3) is 5.91 Å². The van der Waals surface area contributed by atoms with E-state index in [2.05, 4.69) is 4.98 Å². The number of fused-ring (bicyclic) bond motifs is 1. The first-order valence-electron chi connectivity index (χ1n) is 9.01. The summed E-state index contributed by atoms with van der Waals surface area (Å²) in [4.78, 5) is 19.8. The summed E-state index contributed by atoms with van der Waals surface area (Å²) >= 11 is 1.40. The lowest BCUT2D eigenvalue weighted by Gasteiger charge is -2.20. The number of anilines is 2. The van der Waals surface area contributed by atoms with E-state index in [9.17, 15) is 13.2 Å². The van der Waals surface area contributed by atoms with Gasteiger partial charge in [-0.15, -0.1) is 0 Å². The monoisotopic (exact) mass is 438 g/mol. The molecule has 4 aromatic rings. The maximum absolute atomic E-state index is 13.5. The van der Waals surface area contributed by atoms with Crippen LogP contribution in [0.4, 0.5) is 10.8 Å². The van der Waals surface area contributed by atoms with Gasteiger partial charge in [-0.25, -0.2) is 13.4 Å². The van der Waals surface area contributed by atoms with Crippen molar-refractivity contribution in [2.45, 2.75) is 4.90 Å². The first-order valence-corrected chi connectivity index (χ1v) is 11.7. The van der Waals surface area contributed by atoms with Crippen LogP contribution in [-0.2, 0) is 9.84 Å². The number of nitrogens with zero attached hydrogens (tertiary/aromatic N) is 2. The van der Waals surface area contributed by atoms with Gasteiger partial charge in [0.1, 0.15) is 5.75 Å². The highest BCUT2D eigenvalue weighted by molar-refractivity contribution is 7.90. The van der Waals surface area contributed by atoms with Crippen LogP contribution in [0.25, 0.3) is 10.2 Å². The quantitative estimate of drug-likeness (QED) is 0.452. The lowest BCUT2D eigenvalue weighted by molar-refractivity contribution is 0.0999. The topological polar surface area (TPSA) is 76.6 Å². The molecular formula is C22H18N2O4S2. The summed E-state index contributed by atoms with van der Waals surface area (Å²) in [6.07, 6.45) is 1.13. The van der Waals surface area contributed by atoms with Crippen molar-refractivity contribution in [1.82, 2.24) is 4.98 Å². The lowest BCUT2D eigenvalue weighted by atomic mass is 10.2. The summed E-state index contributed by atoms with van der Waals surface area (Å²) < 4.78 is 29.8. The van der Waals surface area contributed by atoms with Gasteiger partial charge in [0.05, 0.1) is 27.9 Å². The number of hydrogen-bond acceptors (Lipinski definition) is 6. The lowest BCUT2D eigenvalue weighted by Crippen LogP contribution is -2.26. The van der Waals surface area contributed by atoms with E-state index in [1.54, 1.807) is 31.4 Å². The fourth-order valence-electron chi connectivity index (χ4n) is 2.99. The zero-order valence-electron chi connectivity index (χ0n) is 16.3. The smallest absolute Gasteiger partial charge is 0.264 e. The number of methoxy groups -OCH3 is 1. The fourth-order valence-corrected chi connectivity index (χ4v) is 4.61. The molecule has 0 aliphatic carbocycles. The van der Waals surface area contributed by atoms with Crippen molar-refractivity contribution >= 4 is 48.1 Å². The Morgan fingerprint density at radius 3 is 2.40 bits per heavy atom. The van der Waals surface area contributed by atoms with E-state index in [1.165, 1.54) is 40.5 Å². The first kappa shape index (κ1) is 20.1. The minimum atomic E-state index is -3.35. The van der Waals surface area contributed by atoms with Crippen LogP contribution in [0.5, 0.6) is 5.75 Å². The Kier molecular flexibility index (Phi) is 5.27. The largest absolute Gasteiger partial charge is 0.497 e. The summed E-state index contributed by atoms with van der Waals surface area (Å²) in [5.74, 6) is 0.293. The molecule has 0 N–H and O–H groups in total. The number of sulfone groups is 1. The molecule has 1 heterocycles. The van der Waals surface area contributed by atoms with Crippen LogP contribution in [0.1, 0.15) is 10.4 Å². The number of benzene rings is 3. The van der Waals surface area contributed by atoms with Crippen LogP contribution in [0, 0.1) is 0 Å². The SMILES string of the molecule is COc1cccc(N(C(=O)c2ccc(S(C)(=O)=O)cc2)c2nc3ccccc3s2)c1. The number of hydrogen-bond donors (Lipinski definition) is 0. The summed E-state index contributed by atoms with van der Waals surface area (Å²) in [7, 11) is -1.79. The normalized spacial score (nSPS) is 11.4. The molecule has 0 saturated carbocycles. The molecule has 30 heavy (non-hydrogen) atoms. The van der Waals surface area contributed by atoms with Crippen molar-refractivity contribution in [3.63, 3.8) is 0 Å². The molecule has 0 saturated heterocycles. The van der Waals surface area contributed by atoms with Gasteiger partial charge in [-0.2, -0.15) is 0 Å². The van der Waals surface area contributed by atoms with Gasteiger partial charge in [0.15, 0.2) is 15.0 Å². The summed E-state index contributed by atoms with van der Waals surface area (Å²) in [5, 5.41) is 0.515. The van der Waals surface area contributed by atoms with Crippen molar-refractivity contribution in [2.24, 2.45) is 0 Å². The highest BCUT2D eigenvalue weighted by atomic mass is 32.2. The third-order valence-electron chi connectivity index (χ3n) is 4.52. The van der Waals surface area contributed by atoms with Crippen LogP contribution in [0.2, 0.25) is 0 Å². The van der Waals surface area contributed by atoms with Crippen molar-refractivity contribution in [3.05, 3.63) is 78.4 Å². The maximum Gasteiger partial charge on any atom is 0.264 e. The number of aromatic nitrogens is 1. The Labute approximate surface area is 178 Å². The Balaban J connectivity index is 1.83. The van der Waals surface area contributed by atoms with Crippen LogP contribution in [0.15, 0.2) is 77.7 Å². The summed E-state index contributed by atoms with van der Waals surface area (Å²) in [6, 6.07) is 20.7. The van der Waals surface area contributed by atoms with E-state index < -0.39 is 9.84 Å². The molecule has 0 aliphatic heterocycles. The number of amides is 1. The van der Waals surface area contributed by atoms with Gasteiger partial charge in [-0.1, -0.05) is 29.5 Å². The third-order valence-corrected chi connectivity index (χ3v) is 6.67. The fraction of sp³-hybridized carbons (Fsp3) is 0.0909. The summed E-state index contributed by atoms with van der Waals surface area (Å²) in [5.41, 5.74) is 1.75. The van der Waals surface area contributed by atoms with E-state index in [0.717, 1.165) is 16.5 Å². The number of rotatable bonds is 5. The highest BCUT2D eigenvalue weighted by Crippen LogP contribution is 2.35. The second kappa shape index (κ2) is 7.89. The molecule has 0 aliphatic rings. The molecule has 1 amide bonds. The maximum atomic E-state index is 13.5. The number of thiazole rings is 1. The van der Waals surface area contributed by atoms with Crippen LogP contribution in [-0.4, -0.2) is 32.7 Å². The van der Waals surface area contributed by atoms with Crippen LogP contribution < -0.4 is 9.64 Å².